The zero-order valence-electron chi connectivity index (χ0n) is 13.6. The molecule has 0 aromatic heterocycles. The Bertz CT molecular complexity index is 682. The maximum Gasteiger partial charge on any atom is 0.254 e. The van der Waals surface area contributed by atoms with Crippen molar-refractivity contribution in [1.82, 2.24) is 9.21 Å². The van der Waals surface area contributed by atoms with Gasteiger partial charge < -0.3 is 9.64 Å². The summed E-state index contributed by atoms with van der Waals surface area (Å²) in [5.41, 5.74) is 0.430. The molecule has 1 aliphatic heterocycles. The van der Waals surface area contributed by atoms with E-state index in [0.717, 1.165) is 0 Å². The van der Waals surface area contributed by atoms with Gasteiger partial charge in [-0.3, -0.25) is 4.79 Å². The van der Waals surface area contributed by atoms with Crippen molar-refractivity contribution >= 4 is 15.9 Å². The number of morpholine rings is 1. The van der Waals surface area contributed by atoms with E-state index in [4.69, 9.17) is 4.74 Å². The molecule has 1 aromatic rings. The average Bonchev–Trinajstić information content (AvgIpc) is 2.62. The molecular formula is C17H22N2O4S. The minimum Gasteiger partial charge on any atom is -0.379 e. The van der Waals surface area contributed by atoms with Gasteiger partial charge in [0.25, 0.3) is 5.91 Å². The summed E-state index contributed by atoms with van der Waals surface area (Å²) in [7, 11) is -3.55. The van der Waals surface area contributed by atoms with Crippen molar-refractivity contribution in [3.63, 3.8) is 0 Å². The normalized spacial score (nSPS) is 15.7. The van der Waals surface area contributed by atoms with Crippen molar-refractivity contribution in [2.24, 2.45) is 0 Å². The Hall–Kier alpha value is -1.96. The number of carbonyl (C=O) groups excluding carboxylic acids is 1. The molecule has 1 amide bonds. The molecular weight excluding hydrogens is 328 g/mol. The van der Waals surface area contributed by atoms with Gasteiger partial charge in [0, 0.05) is 31.7 Å². The highest BCUT2D eigenvalue weighted by atomic mass is 32.2. The number of hydrogen-bond donors (Lipinski definition) is 0. The van der Waals surface area contributed by atoms with Crippen LogP contribution in [0.2, 0.25) is 0 Å². The maximum absolute atomic E-state index is 12.6. The molecule has 0 aliphatic carbocycles. The highest BCUT2D eigenvalue weighted by Gasteiger charge is 2.26. The van der Waals surface area contributed by atoms with Gasteiger partial charge >= 0.3 is 0 Å². The smallest absolute Gasteiger partial charge is 0.254 e. The van der Waals surface area contributed by atoms with Crippen LogP contribution >= 0.6 is 0 Å². The van der Waals surface area contributed by atoms with Gasteiger partial charge in [-0.05, 0) is 24.3 Å². The Morgan fingerprint density at radius 3 is 2.17 bits per heavy atom. The molecule has 2 rings (SSSR count). The first-order valence-corrected chi connectivity index (χ1v) is 9.13. The molecule has 1 aliphatic rings. The first-order valence-electron chi connectivity index (χ1n) is 7.69. The molecule has 1 aromatic carbocycles. The zero-order chi connectivity index (χ0) is 17.6. The highest BCUT2D eigenvalue weighted by molar-refractivity contribution is 7.89. The summed E-state index contributed by atoms with van der Waals surface area (Å²) in [6, 6.07) is 6.01. The molecule has 0 saturated carbocycles. The predicted molar refractivity (Wildman–Crippen MR) is 92.3 cm³/mol. The van der Waals surface area contributed by atoms with E-state index in [2.05, 4.69) is 13.2 Å². The maximum atomic E-state index is 12.6. The lowest BCUT2D eigenvalue weighted by atomic mass is 10.2. The second kappa shape index (κ2) is 8.23. The SMILES string of the molecule is C=CCN(CC=C)C(=O)c1ccc(S(=O)(=O)N2CCOCC2)cc1. The van der Waals surface area contributed by atoms with Gasteiger partial charge in [-0.1, -0.05) is 12.2 Å². The second-order valence-corrected chi connectivity index (χ2v) is 7.27. The molecule has 130 valence electrons. The zero-order valence-corrected chi connectivity index (χ0v) is 14.4. The summed E-state index contributed by atoms with van der Waals surface area (Å²) < 4.78 is 31.7. The fourth-order valence-electron chi connectivity index (χ4n) is 2.44. The Kier molecular flexibility index (Phi) is 6.30. The third-order valence-electron chi connectivity index (χ3n) is 3.70. The Labute approximate surface area is 143 Å². The number of carbonyl (C=O) groups is 1. The molecule has 0 radical (unpaired) electrons. The molecule has 0 bridgehead atoms. The van der Waals surface area contributed by atoms with Crippen molar-refractivity contribution in [2.45, 2.75) is 4.90 Å². The van der Waals surface area contributed by atoms with Crippen LogP contribution in [0.15, 0.2) is 54.5 Å². The summed E-state index contributed by atoms with van der Waals surface area (Å²) in [6.07, 6.45) is 3.28. The van der Waals surface area contributed by atoms with Crippen LogP contribution in [-0.2, 0) is 14.8 Å². The summed E-state index contributed by atoms with van der Waals surface area (Å²) in [5.74, 6) is -0.190. The van der Waals surface area contributed by atoms with Crippen LogP contribution in [-0.4, -0.2) is 62.9 Å². The number of sulfonamides is 1. The van der Waals surface area contributed by atoms with Gasteiger partial charge in [-0.15, -0.1) is 13.2 Å². The van der Waals surface area contributed by atoms with Crippen molar-refractivity contribution in [3.05, 3.63) is 55.1 Å². The lowest BCUT2D eigenvalue weighted by Gasteiger charge is -2.26. The van der Waals surface area contributed by atoms with Crippen molar-refractivity contribution in [2.75, 3.05) is 39.4 Å². The summed E-state index contributed by atoms with van der Waals surface area (Å²) in [6.45, 7) is 9.55. The van der Waals surface area contributed by atoms with Gasteiger partial charge in [0.05, 0.1) is 18.1 Å². The molecule has 7 heteroatoms. The van der Waals surface area contributed by atoms with Gasteiger partial charge in [-0.25, -0.2) is 8.42 Å². The van der Waals surface area contributed by atoms with Crippen LogP contribution in [0.1, 0.15) is 10.4 Å². The minimum absolute atomic E-state index is 0.181. The Morgan fingerprint density at radius 1 is 1.12 bits per heavy atom. The lowest BCUT2D eigenvalue weighted by molar-refractivity contribution is 0.0730. The fourth-order valence-corrected chi connectivity index (χ4v) is 3.85. The predicted octanol–water partition coefficient (Wildman–Crippen LogP) is 1.52. The van der Waals surface area contributed by atoms with Crippen LogP contribution in [0.4, 0.5) is 0 Å². The number of amides is 1. The van der Waals surface area contributed by atoms with Gasteiger partial charge in [0.15, 0.2) is 0 Å². The summed E-state index contributed by atoms with van der Waals surface area (Å²) in [4.78, 5) is 14.2. The molecule has 0 unspecified atom stereocenters. The van der Waals surface area contributed by atoms with Crippen molar-refractivity contribution in [3.8, 4) is 0 Å². The number of nitrogens with zero attached hydrogens (tertiary/aromatic N) is 2. The molecule has 24 heavy (non-hydrogen) atoms. The van der Waals surface area contributed by atoms with E-state index in [0.29, 0.717) is 45.0 Å². The van der Waals surface area contributed by atoms with Gasteiger partial charge in [0.1, 0.15) is 0 Å². The third-order valence-corrected chi connectivity index (χ3v) is 5.61. The second-order valence-electron chi connectivity index (χ2n) is 5.33. The highest BCUT2D eigenvalue weighted by Crippen LogP contribution is 2.18. The van der Waals surface area contributed by atoms with Crippen molar-refractivity contribution in [1.29, 1.82) is 0 Å². The molecule has 0 spiro atoms. The van der Waals surface area contributed by atoms with E-state index in [1.807, 2.05) is 0 Å². The molecule has 1 saturated heterocycles. The minimum atomic E-state index is -3.55. The summed E-state index contributed by atoms with van der Waals surface area (Å²) in [5, 5.41) is 0. The van der Waals surface area contributed by atoms with E-state index in [1.54, 1.807) is 17.1 Å². The van der Waals surface area contributed by atoms with E-state index in [9.17, 15) is 13.2 Å². The standard InChI is InChI=1S/C17H22N2O4S/c1-3-9-18(10-4-2)17(20)15-5-7-16(8-6-15)24(21,22)19-11-13-23-14-12-19/h3-8H,1-2,9-14H2. The largest absolute Gasteiger partial charge is 0.379 e. The number of ether oxygens (including phenoxy) is 1. The molecule has 1 fully saturated rings. The number of hydrogen-bond acceptors (Lipinski definition) is 4. The van der Waals surface area contributed by atoms with Crippen LogP contribution in [0.3, 0.4) is 0 Å². The fraction of sp³-hybridized carbons (Fsp3) is 0.353. The lowest BCUT2D eigenvalue weighted by Crippen LogP contribution is -2.40. The van der Waals surface area contributed by atoms with Crippen LogP contribution in [0, 0.1) is 0 Å². The quantitative estimate of drug-likeness (QED) is 0.700. The van der Waals surface area contributed by atoms with Crippen LogP contribution in [0.25, 0.3) is 0 Å². The van der Waals surface area contributed by atoms with E-state index < -0.39 is 10.0 Å². The molecule has 0 atom stereocenters. The van der Waals surface area contributed by atoms with Crippen LogP contribution in [0.5, 0.6) is 0 Å². The Morgan fingerprint density at radius 2 is 1.67 bits per heavy atom. The third kappa shape index (κ3) is 4.11. The number of benzene rings is 1. The number of rotatable bonds is 7. The molecule has 0 N–H and O–H groups in total. The first kappa shape index (κ1) is 18.4. The van der Waals surface area contributed by atoms with Gasteiger partial charge in [-0.2, -0.15) is 4.31 Å². The van der Waals surface area contributed by atoms with Crippen molar-refractivity contribution < 1.29 is 17.9 Å². The molecule has 1 heterocycles. The van der Waals surface area contributed by atoms with Crippen LogP contribution < -0.4 is 0 Å². The first-order chi connectivity index (χ1) is 11.5. The van der Waals surface area contributed by atoms with E-state index in [-0.39, 0.29) is 10.8 Å². The molecule has 6 nitrogen and oxygen atoms in total. The van der Waals surface area contributed by atoms with Gasteiger partial charge in [0.2, 0.25) is 10.0 Å². The average molecular weight is 350 g/mol. The monoisotopic (exact) mass is 350 g/mol. The van der Waals surface area contributed by atoms with E-state index >= 15 is 0 Å². The summed E-state index contributed by atoms with van der Waals surface area (Å²) >= 11 is 0. The van der Waals surface area contributed by atoms with E-state index in [1.165, 1.54) is 28.6 Å². The topological polar surface area (TPSA) is 66.9 Å². The Balaban J connectivity index is 2.18.